The Balaban J connectivity index is 0.00000225. The van der Waals surface area contributed by atoms with Crippen LogP contribution in [0.2, 0.25) is 0 Å². The van der Waals surface area contributed by atoms with Crippen LogP contribution in [0.4, 0.5) is 5.13 Å². The van der Waals surface area contributed by atoms with Gasteiger partial charge in [0.1, 0.15) is 5.97 Å². The Hall–Kier alpha value is -0.430. The van der Waals surface area contributed by atoms with E-state index in [1.54, 1.807) is 0 Å². The minimum atomic E-state index is -1.75. The first-order valence-corrected chi connectivity index (χ1v) is 5.41. The topological polar surface area (TPSA) is 82.1 Å². The Morgan fingerprint density at radius 1 is 1.38 bits per heavy atom. The van der Waals surface area contributed by atoms with Gasteiger partial charge in [0, 0.05) is 4.88 Å². The Kier molecular flexibility index (Phi) is 6.82. The van der Waals surface area contributed by atoms with Gasteiger partial charge in [-0.3, -0.25) is 10.1 Å². The molecule has 0 atom stereocenters. The molecule has 1 aromatic heterocycles. The molecular formula is C9H11N2NaO3S. The summed E-state index contributed by atoms with van der Waals surface area (Å²) in [6, 6.07) is 0. The summed E-state index contributed by atoms with van der Waals surface area (Å²) in [5.74, 6) is -2.91. The molecule has 5 nitrogen and oxygen atoms in total. The predicted molar refractivity (Wildman–Crippen MR) is 54.5 cm³/mol. The van der Waals surface area contributed by atoms with Gasteiger partial charge in [0.05, 0.1) is 5.69 Å². The van der Waals surface area contributed by atoms with Gasteiger partial charge in [-0.25, -0.2) is 4.98 Å². The van der Waals surface area contributed by atoms with Crippen LogP contribution in [-0.2, 0) is 22.4 Å². The van der Waals surface area contributed by atoms with Crippen LogP contribution in [0, 0.1) is 0 Å². The Labute approximate surface area is 120 Å². The minimum Gasteiger partial charge on any atom is -0.540 e. The number of carboxylic acid groups (broad SMARTS) is 1. The Bertz CT molecular complexity index is 371. The number of carbonyl (C=O) groups excluding carboxylic acids is 2. The summed E-state index contributed by atoms with van der Waals surface area (Å²) in [5, 5.41) is 12.7. The third kappa shape index (κ3) is 3.86. The maximum Gasteiger partial charge on any atom is 1.00 e. The zero-order valence-electron chi connectivity index (χ0n) is 9.49. The normalized spacial score (nSPS) is 9.38. The van der Waals surface area contributed by atoms with Crippen LogP contribution >= 0.6 is 11.3 Å². The number of rotatable bonds is 3. The second-order valence-electron chi connectivity index (χ2n) is 2.84. The quantitative estimate of drug-likeness (QED) is 0.457. The first-order chi connectivity index (χ1) is 7.08. The van der Waals surface area contributed by atoms with E-state index in [2.05, 4.69) is 10.3 Å². The third-order valence-electron chi connectivity index (χ3n) is 1.84. The molecule has 1 heterocycles. The zero-order valence-corrected chi connectivity index (χ0v) is 12.3. The van der Waals surface area contributed by atoms with Crippen molar-refractivity contribution in [3.05, 3.63) is 10.6 Å². The molecule has 0 radical (unpaired) electrons. The molecule has 16 heavy (non-hydrogen) atoms. The van der Waals surface area contributed by atoms with E-state index in [-0.39, 0.29) is 29.6 Å². The fourth-order valence-electron chi connectivity index (χ4n) is 1.14. The van der Waals surface area contributed by atoms with Gasteiger partial charge >= 0.3 is 29.6 Å². The van der Waals surface area contributed by atoms with Crippen molar-refractivity contribution in [1.82, 2.24) is 4.98 Å². The number of thiazole rings is 1. The smallest absolute Gasteiger partial charge is 0.540 e. The Morgan fingerprint density at radius 3 is 2.38 bits per heavy atom. The van der Waals surface area contributed by atoms with Crippen molar-refractivity contribution in [3.63, 3.8) is 0 Å². The molecule has 82 valence electrons. The second-order valence-corrected chi connectivity index (χ2v) is 3.92. The van der Waals surface area contributed by atoms with Crippen molar-refractivity contribution < 1.29 is 44.3 Å². The van der Waals surface area contributed by atoms with E-state index in [1.807, 2.05) is 13.8 Å². The molecule has 0 bridgehead atoms. The van der Waals surface area contributed by atoms with Crippen molar-refractivity contribution in [3.8, 4) is 0 Å². The van der Waals surface area contributed by atoms with E-state index in [9.17, 15) is 14.7 Å². The van der Waals surface area contributed by atoms with Gasteiger partial charge in [-0.05, 0) is 12.8 Å². The fraction of sp³-hybridized carbons (Fsp3) is 0.444. The molecule has 0 unspecified atom stereocenters. The number of nitrogens with zero attached hydrogens (tertiary/aromatic N) is 1. The van der Waals surface area contributed by atoms with Crippen molar-refractivity contribution in [2.24, 2.45) is 0 Å². The van der Waals surface area contributed by atoms with E-state index >= 15 is 0 Å². The summed E-state index contributed by atoms with van der Waals surface area (Å²) in [6.07, 6.45) is 1.59. The van der Waals surface area contributed by atoms with Crippen LogP contribution in [-0.4, -0.2) is 16.9 Å². The molecule has 0 aliphatic heterocycles. The van der Waals surface area contributed by atoms with Crippen molar-refractivity contribution in [2.45, 2.75) is 26.7 Å². The fourth-order valence-corrected chi connectivity index (χ4v) is 2.12. The summed E-state index contributed by atoms with van der Waals surface area (Å²) in [4.78, 5) is 26.2. The van der Waals surface area contributed by atoms with Gasteiger partial charge in [0.15, 0.2) is 5.13 Å². The molecule has 7 heteroatoms. The molecule has 0 saturated carbocycles. The molecule has 1 aromatic rings. The second kappa shape index (κ2) is 7.01. The standard InChI is InChI=1S/C9H12N2O3S.Na/c1-3-5-6(4-2)15-9(10-5)11-7(12)8(13)14;/h3-4H2,1-2H3,(H,13,14)(H,10,11,12);/q;+1/p-1. The molecule has 0 fully saturated rings. The number of amides is 1. The monoisotopic (exact) mass is 250 g/mol. The van der Waals surface area contributed by atoms with Crippen LogP contribution < -0.4 is 40.0 Å². The molecule has 0 aromatic carbocycles. The summed E-state index contributed by atoms with van der Waals surface area (Å²) in [5.41, 5.74) is 0.899. The molecule has 0 spiro atoms. The average molecular weight is 250 g/mol. The maximum atomic E-state index is 10.8. The first-order valence-electron chi connectivity index (χ1n) is 4.59. The first kappa shape index (κ1) is 15.6. The number of carbonyl (C=O) groups is 2. The van der Waals surface area contributed by atoms with Gasteiger partial charge in [-0.15, -0.1) is 11.3 Å². The van der Waals surface area contributed by atoms with Crippen LogP contribution in [0.15, 0.2) is 0 Å². The number of aromatic nitrogens is 1. The molecule has 0 aliphatic rings. The number of carboxylic acids is 1. The molecule has 0 saturated heterocycles. The van der Waals surface area contributed by atoms with Crippen LogP contribution in [0.1, 0.15) is 24.4 Å². The molecule has 0 aliphatic carbocycles. The molecule has 1 amide bonds. The summed E-state index contributed by atoms with van der Waals surface area (Å²) >= 11 is 1.30. The van der Waals surface area contributed by atoms with Crippen molar-refractivity contribution in [2.75, 3.05) is 5.32 Å². The van der Waals surface area contributed by atoms with Gasteiger partial charge in [-0.1, -0.05) is 13.8 Å². The third-order valence-corrected chi connectivity index (χ3v) is 3.00. The SMILES string of the molecule is CCc1nc(NC(=O)C(=O)[O-])sc1CC.[Na+]. The number of aliphatic carboxylic acids is 1. The van der Waals surface area contributed by atoms with Gasteiger partial charge in [0.2, 0.25) is 0 Å². The molecule has 1 rings (SSSR count). The summed E-state index contributed by atoms with van der Waals surface area (Å²) in [6.45, 7) is 3.94. The minimum absolute atomic E-state index is 0. The summed E-state index contributed by atoms with van der Waals surface area (Å²) < 4.78 is 0. The van der Waals surface area contributed by atoms with E-state index < -0.39 is 11.9 Å². The van der Waals surface area contributed by atoms with Crippen LogP contribution in [0.5, 0.6) is 0 Å². The Morgan fingerprint density at radius 2 is 2.00 bits per heavy atom. The van der Waals surface area contributed by atoms with E-state index in [0.29, 0.717) is 5.13 Å². The molecule has 1 N–H and O–H groups in total. The predicted octanol–water partition coefficient (Wildman–Crippen LogP) is -3.04. The van der Waals surface area contributed by atoms with Crippen LogP contribution in [0.3, 0.4) is 0 Å². The molecular weight excluding hydrogens is 239 g/mol. The van der Waals surface area contributed by atoms with E-state index in [1.165, 1.54) is 11.3 Å². The largest absolute Gasteiger partial charge is 1.00 e. The van der Waals surface area contributed by atoms with E-state index in [0.717, 1.165) is 23.4 Å². The number of hydrogen-bond donors (Lipinski definition) is 1. The maximum absolute atomic E-state index is 10.8. The van der Waals surface area contributed by atoms with Gasteiger partial charge in [-0.2, -0.15) is 0 Å². The van der Waals surface area contributed by atoms with Crippen molar-refractivity contribution in [1.29, 1.82) is 0 Å². The number of hydrogen-bond acceptors (Lipinski definition) is 5. The number of anilines is 1. The van der Waals surface area contributed by atoms with E-state index in [4.69, 9.17) is 0 Å². The number of nitrogens with one attached hydrogen (secondary N) is 1. The summed E-state index contributed by atoms with van der Waals surface area (Å²) in [7, 11) is 0. The average Bonchev–Trinajstić information content (AvgIpc) is 2.59. The van der Waals surface area contributed by atoms with Crippen LogP contribution in [0.25, 0.3) is 0 Å². The van der Waals surface area contributed by atoms with Gasteiger partial charge in [0.25, 0.3) is 5.91 Å². The van der Waals surface area contributed by atoms with Crippen molar-refractivity contribution >= 4 is 28.3 Å². The zero-order chi connectivity index (χ0) is 11.4. The number of aryl methyl sites for hydroxylation is 2. The van der Waals surface area contributed by atoms with Gasteiger partial charge < -0.3 is 9.90 Å².